The molecule has 0 radical (unpaired) electrons. The highest BCUT2D eigenvalue weighted by Crippen LogP contribution is 2.12. The number of hydrogen-bond donors (Lipinski definition) is 0. The zero-order valence-corrected chi connectivity index (χ0v) is 10.6. The molecule has 2 fully saturated rings. The molecule has 5 nitrogen and oxygen atoms in total. The first-order valence-corrected chi connectivity index (χ1v) is 6.51. The van der Waals surface area contributed by atoms with Gasteiger partial charge in [0.25, 0.3) is 0 Å². The van der Waals surface area contributed by atoms with Gasteiger partial charge in [0.15, 0.2) is 0 Å². The van der Waals surface area contributed by atoms with Crippen molar-refractivity contribution < 1.29 is 14.3 Å². The molecule has 2 saturated heterocycles. The Bertz CT molecular complexity index is 252. The summed E-state index contributed by atoms with van der Waals surface area (Å²) in [5.41, 5.74) is 0. The minimum atomic E-state index is -0.0817. The van der Waals surface area contributed by atoms with Crippen molar-refractivity contribution in [3.8, 4) is 0 Å². The van der Waals surface area contributed by atoms with Gasteiger partial charge in [0, 0.05) is 19.6 Å². The highest BCUT2D eigenvalue weighted by molar-refractivity contribution is 5.82. The topological polar surface area (TPSA) is 42.0 Å². The maximum Gasteiger partial charge on any atom is 0.242 e. The predicted molar refractivity (Wildman–Crippen MR) is 63.9 cm³/mol. The molecule has 5 heteroatoms. The van der Waals surface area contributed by atoms with Crippen molar-refractivity contribution >= 4 is 5.91 Å². The van der Waals surface area contributed by atoms with Crippen LogP contribution in [0.25, 0.3) is 0 Å². The van der Waals surface area contributed by atoms with Gasteiger partial charge in [0.2, 0.25) is 5.91 Å². The average Bonchev–Trinajstić information content (AvgIpc) is 2.40. The van der Waals surface area contributed by atoms with E-state index in [1.54, 1.807) is 0 Å². The number of hydrogen-bond acceptors (Lipinski definition) is 4. The van der Waals surface area contributed by atoms with Gasteiger partial charge >= 0.3 is 0 Å². The Morgan fingerprint density at radius 3 is 2.59 bits per heavy atom. The molecular weight excluding hydrogens is 220 g/mol. The Balaban J connectivity index is 1.94. The van der Waals surface area contributed by atoms with Gasteiger partial charge in [0.1, 0.15) is 6.04 Å². The fraction of sp³-hybridized carbons (Fsp3) is 0.917. The van der Waals surface area contributed by atoms with Crippen molar-refractivity contribution in [2.75, 3.05) is 52.6 Å². The summed E-state index contributed by atoms with van der Waals surface area (Å²) in [6.45, 7) is 8.03. The van der Waals surface area contributed by atoms with Crippen LogP contribution in [0.5, 0.6) is 0 Å². The zero-order chi connectivity index (χ0) is 12.1. The molecule has 0 bridgehead atoms. The number of carbonyl (C=O) groups is 1. The molecule has 0 saturated carbocycles. The SMILES string of the molecule is CCCN1CCOC[C@H]1C(=O)N1CCOCC1. The summed E-state index contributed by atoms with van der Waals surface area (Å²) in [4.78, 5) is 16.5. The standard InChI is InChI=1S/C12H22N2O3/c1-2-3-13-4-9-17-10-11(13)12(15)14-5-7-16-8-6-14/h11H,2-10H2,1H3/t11-/m0/s1. The number of rotatable bonds is 3. The molecule has 2 heterocycles. The number of amides is 1. The molecule has 1 amide bonds. The van der Waals surface area contributed by atoms with Gasteiger partial charge in [0.05, 0.1) is 26.4 Å². The summed E-state index contributed by atoms with van der Waals surface area (Å²) in [7, 11) is 0. The molecule has 1 atom stereocenters. The minimum Gasteiger partial charge on any atom is -0.378 e. The van der Waals surface area contributed by atoms with E-state index in [1.165, 1.54) is 0 Å². The van der Waals surface area contributed by atoms with E-state index in [2.05, 4.69) is 11.8 Å². The van der Waals surface area contributed by atoms with Crippen molar-refractivity contribution in [1.82, 2.24) is 9.80 Å². The van der Waals surface area contributed by atoms with Gasteiger partial charge in [-0.25, -0.2) is 0 Å². The minimum absolute atomic E-state index is 0.0817. The first-order valence-electron chi connectivity index (χ1n) is 6.51. The lowest BCUT2D eigenvalue weighted by Crippen LogP contribution is -2.56. The molecule has 2 rings (SSSR count). The Morgan fingerprint density at radius 2 is 1.88 bits per heavy atom. The molecule has 0 aromatic rings. The maximum absolute atomic E-state index is 12.4. The third-order valence-corrected chi connectivity index (χ3v) is 3.36. The van der Waals surface area contributed by atoms with Crippen LogP contribution >= 0.6 is 0 Å². The Labute approximate surface area is 103 Å². The van der Waals surface area contributed by atoms with Crippen LogP contribution in [0, 0.1) is 0 Å². The second-order valence-electron chi connectivity index (χ2n) is 4.56. The van der Waals surface area contributed by atoms with Crippen LogP contribution in [0.15, 0.2) is 0 Å². The van der Waals surface area contributed by atoms with E-state index in [9.17, 15) is 4.79 Å². The Hall–Kier alpha value is -0.650. The molecule has 0 N–H and O–H groups in total. The monoisotopic (exact) mass is 242 g/mol. The number of nitrogens with zero attached hydrogens (tertiary/aromatic N) is 2. The summed E-state index contributed by atoms with van der Waals surface area (Å²) in [6.07, 6.45) is 1.08. The normalized spacial score (nSPS) is 27.1. The van der Waals surface area contributed by atoms with Gasteiger partial charge in [-0.3, -0.25) is 9.69 Å². The molecule has 17 heavy (non-hydrogen) atoms. The van der Waals surface area contributed by atoms with Gasteiger partial charge in [-0.1, -0.05) is 6.92 Å². The second kappa shape index (κ2) is 6.33. The third-order valence-electron chi connectivity index (χ3n) is 3.36. The quantitative estimate of drug-likeness (QED) is 0.696. The maximum atomic E-state index is 12.4. The summed E-state index contributed by atoms with van der Waals surface area (Å²) < 4.78 is 10.7. The van der Waals surface area contributed by atoms with E-state index in [1.807, 2.05) is 4.90 Å². The molecule has 2 aliphatic rings. The molecule has 0 unspecified atom stereocenters. The fourth-order valence-corrected chi connectivity index (χ4v) is 2.41. The molecule has 0 aliphatic carbocycles. The largest absolute Gasteiger partial charge is 0.378 e. The van der Waals surface area contributed by atoms with Crippen LogP contribution in [0.3, 0.4) is 0 Å². The van der Waals surface area contributed by atoms with Crippen molar-refractivity contribution in [3.05, 3.63) is 0 Å². The van der Waals surface area contributed by atoms with Crippen LogP contribution in [-0.4, -0.2) is 74.4 Å². The highest BCUT2D eigenvalue weighted by Gasteiger charge is 2.32. The molecule has 2 aliphatic heterocycles. The van der Waals surface area contributed by atoms with Crippen LogP contribution < -0.4 is 0 Å². The van der Waals surface area contributed by atoms with Gasteiger partial charge in [-0.2, -0.15) is 0 Å². The average molecular weight is 242 g/mol. The van der Waals surface area contributed by atoms with Gasteiger partial charge in [-0.05, 0) is 13.0 Å². The van der Waals surface area contributed by atoms with E-state index in [0.29, 0.717) is 19.8 Å². The van der Waals surface area contributed by atoms with Crippen molar-refractivity contribution in [2.45, 2.75) is 19.4 Å². The van der Waals surface area contributed by atoms with Crippen LogP contribution in [-0.2, 0) is 14.3 Å². The fourth-order valence-electron chi connectivity index (χ4n) is 2.41. The third kappa shape index (κ3) is 3.18. The van der Waals surface area contributed by atoms with Crippen molar-refractivity contribution in [3.63, 3.8) is 0 Å². The summed E-state index contributed by atoms with van der Waals surface area (Å²) in [6, 6.07) is -0.0817. The lowest BCUT2D eigenvalue weighted by Gasteiger charge is -2.38. The summed E-state index contributed by atoms with van der Waals surface area (Å²) in [5.74, 6) is 0.210. The van der Waals surface area contributed by atoms with E-state index in [-0.39, 0.29) is 11.9 Å². The molecule has 0 aromatic carbocycles. The van der Waals surface area contributed by atoms with Gasteiger partial charge < -0.3 is 14.4 Å². The van der Waals surface area contributed by atoms with E-state index >= 15 is 0 Å². The van der Waals surface area contributed by atoms with E-state index in [4.69, 9.17) is 9.47 Å². The first kappa shape index (κ1) is 12.8. The molecule has 0 aromatic heterocycles. The lowest BCUT2D eigenvalue weighted by molar-refractivity contribution is -0.147. The van der Waals surface area contributed by atoms with Gasteiger partial charge in [-0.15, -0.1) is 0 Å². The number of ether oxygens (including phenoxy) is 2. The lowest BCUT2D eigenvalue weighted by atomic mass is 10.1. The zero-order valence-electron chi connectivity index (χ0n) is 10.6. The second-order valence-corrected chi connectivity index (χ2v) is 4.56. The van der Waals surface area contributed by atoms with Crippen LogP contribution in [0.1, 0.15) is 13.3 Å². The molecule has 98 valence electrons. The van der Waals surface area contributed by atoms with Crippen LogP contribution in [0.4, 0.5) is 0 Å². The number of morpholine rings is 2. The van der Waals surface area contributed by atoms with Crippen LogP contribution in [0.2, 0.25) is 0 Å². The first-order chi connectivity index (χ1) is 8.33. The Morgan fingerprint density at radius 1 is 1.18 bits per heavy atom. The summed E-state index contributed by atoms with van der Waals surface area (Å²) >= 11 is 0. The smallest absolute Gasteiger partial charge is 0.242 e. The highest BCUT2D eigenvalue weighted by atomic mass is 16.5. The Kier molecular flexibility index (Phi) is 4.76. The number of carbonyl (C=O) groups excluding carboxylic acids is 1. The molecule has 0 spiro atoms. The van der Waals surface area contributed by atoms with E-state index < -0.39 is 0 Å². The summed E-state index contributed by atoms with van der Waals surface area (Å²) in [5, 5.41) is 0. The van der Waals surface area contributed by atoms with E-state index in [0.717, 1.165) is 39.2 Å². The predicted octanol–water partition coefficient (Wildman–Crippen LogP) is -0.0440. The van der Waals surface area contributed by atoms with Crippen molar-refractivity contribution in [2.24, 2.45) is 0 Å². The molecular formula is C12H22N2O3. The van der Waals surface area contributed by atoms with Crippen molar-refractivity contribution in [1.29, 1.82) is 0 Å².